The van der Waals surface area contributed by atoms with Crippen molar-refractivity contribution in [2.45, 2.75) is 26.5 Å². The molecule has 4 rings (SSSR count). The van der Waals surface area contributed by atoms with Crippen molar-refractivity contribution in [1.82, 2.24) is 5.32 Å². The first-order valence-electron chi connectivity index (χ1n) is 10.2. The Morgan fingerprint density at radius 2 is 1.60 bits per heavy atom. The van der Waals surface area contributed by atoms with Crippen LogP contribution >= 0.6 is 0 Å². The fraction of sp³-hybridized carbons (Fsp3) is 0.192. The minimum Gasteiger partial charge on any atom is -0.451 e. The maximum absolute atomic E-state index is 13.4. The number of aryl methyl sites for hydroxylation is 1. The number of nitrogens with one attached hydrogen (secondary N) is 1. The highest BCUT2D eigenvalue weighted by molar-refractivity contribution is 5.99. The monoisotopic (exact) mass is 399 g/mol. The Kier molecular flexibility index (Phi) is 5.96. The zero-order chi connectivity index (χ0) is 20.9. The summed E-state index contributed by atoms with van der Waals surface area (Å²) in [6.07, 6.45) is 0. The van der Waals surface area contributed by atoms with E-state index in [0.29, 0.717) is 24.6 Å². The van der Waals surface area contributed by atoms with Crippen molar-refractivity contribution in [3.8, 4) is 0 Å². The smallest absolute Gasteiger partial charge is 0.288 e. The van der Waals surface area contributed by atoms with E-state index in [9.17, 15) is 4.79 Å². The second-order valence-electron chi connectivity index (χ2n) is 7.27. The van der Waals surface area contributed by atoms with Crippen LogP contribution in [0.15, 0.2) is 83.3 Å². The quantitative estimate of drug-likeness (QED) is 0.427. The van der Waals surface area contributed by atoms with Crippen LogP contribution in [-0.2, 0) is 11.3 Å². The molecule has 1 N–H and O–H groups in total. The minimum absolute atomic E-state index is 0.254. The SMILES string of the molecule is CCOCc1c(C(=O)NC(c2ccccc2)c2ccc(C)cc2)oc2ccccc12. The number of hydrogen-bond donors (Lipinski definition) is 1. The van der Waals surface area contributed by atoms with E-state index in [1.807, 2.05) is 80.6 Å². The Bertz CT molecular complexity index is 1130. The van der Waals surface area contributed by atoms with Crippen LogP contribution in [0.3, 0.4) is 0 Å². The largest absolute Gasteiger partial charge is 0.451 e. The molecule has 4 heteroatoms. The standard InChI is InChI=1S/C26H25NO3/c1-3-29-17-22-21-11-7-8-12-23(21)30-25(22)26(28)27-24(19-9-5-4-6-10-19)20-15-13-18(2)14-16-20/h4-16,24H,3,17H2,1-2H3,(H,27,28). The maximum atomic E-state index is 13.4. The van der Waals surface area contributed by atoms with Crippen molar-refractivity contribution in [2.75, 3.05) is 6.61 Å². The summed E-state index contributed by atoms with van der Waals surface area (Å²) in [5.74, 6) is 0.0491. The lowest BCUT2D eigenvalue weighted by Gasteiger charge is -2.20. The average molecular weight is 399 g/mol. The average Bonchev–Trinajstić information content (AvgIpc) is 3.16. The van der Waals surface area contributed by atoms with Crippen LogP contribution in [-0.4, -0.2) is 12.5 Å². The number of hydrogen-bond acceptors (Lipinski definition) is 3. The molecular formula is C26H25NO3. The Morgan fingerprint density at radius 1 is 0.933 bits per heavy atom. The van der Waals surface area contributed by atoms with Crippen LogP contribution in [0.25, 0.3) is 11.0 Å². The molecule has 4 nitrogen and oxygen atoms in total. The van der Waals surface area contributed by atoms with E-state index in [2.05, 4.69) is 17.4 Å². The van der Waals surface area contributed by atoms with E-state index < -0.39 is 0 Å². The zero-order valence-corrected chi connectivity index (χ0v) is 17.2. The van der Waals surface area contributed by atoms with E-state index in [1.54, 1.807) is 0 Å². The van der Waals surface area contributed by atoms with Gasteiger partial charge in [-0.15, -0.1) is 0 Å². The summed E-state index contributed by atoms with van der Waals surface area (Å²) in [4.78, 5) is 13.4. The van der Waals surface area contributed by atoms with Gasteiger partial charge in [0.1, 0.15) is 5.58 Å². The first-order valence-corrected chi connectivity index (χ1v) is 10.2. The Balaban J connectivity index is 1.72. The molecule has 0 saturated carbocycles. The third-order valence-electron chi connectivity index (χ3n) is 5.17. The normalized spacial score (nSPS) is 12.1. The van der Waals surface area contributed by atoms with Crippen LogP contribution in [0.1, 0.15) is 45.8 Å². The molecule has 1 amide bonds. The van der Waals surface area contributed by atoms with Gasteiger partial charge in [-0.05, 0) is 31.0 Å². The van der Waals surface area contributed by atoms with Gasteiger partial charge in [-0.3, -0.25) is 4.79 Å². The molecule has 1 unspecified atom stereocenters. The van der Waals surface area contributed by atoms with Gasteiger partial charge in [0.05, 0.1) is 12.6 Å². The number of amides is 1. The number of rotatable bonds is 7. The molecule has 30 heavy (non-hydrogen) atoms. The third kappa shape index (κ3) is 4.14. The molecular weight excluding hydrogens is 374 g/mol. The topological polar surface area (TPSA) is 51.5 Å². The van der Waals surface area contributed by atoms with Crippen LogP contribution in [0, 0.1) is 6.92 Å². The van der Waals surface area contributed by atoms with Gasteiger partial charge in [-0.1, -0.05) is 78.4 Å². The van der Waals surface area contributed by atoms with Crippen LogP contribution in [0.5, 0.6) is 0 Å². The highest BCUT2D eigenvalue weighted by Gasteiger charge is 2.24. The second kappa shape index (κ2) is 8.97. The van der Waals surface area contributed by atoms with Gasteiger partial charge in [-0.25, -0.2) is 0 Å². The molecule has 0 radical (unpaired) electrons. The molecule has 0 aliphatic rings. The van der Waals surface area contributed by atoms with Gasteiger partial charge in [0.15, 0.2) is 5.76 Å². The van der Waals surface area contributed by atoms with Gasteiger partial charge in [0.25, 0.3) is 5.91 Å². The lowest BCUT2D eigenvalue weighted by atomic mass is 9.97. The van der Waals surface area contributed by atoms with Crippen molar-refractivity contribution in [1.29, 1.82) is 0 Å². The highest BCUT2D eigenvalue weighted by Crippen LogP contribution is 2.28. The van der Waals surface area contributed by atoms with E-state index in [0.717, 1.165) is 22.1 Å². The van der Waals surface area contributed by atoms with Crippen molar-refractivity contribution in [3.05, 3.63) is 107 Å². The summed E-state index contributed by atoms with van der Waals surface area (Å²) in [7, 11) is 0. The summed E-state index contributed by atoms with van der Waals surface area (Å²) in [6, 6.07) is 25.5. The number of para-hydroxylation sites is 1. The van der Waals surface area contributed by atoms with Crippen LogP contribution in [0.4, 0.5) is 0 Å². The number of furan rings is 1. The van der Waals surface area contributed by atoms with E-state index in [-0.39, 0.29) is 11.9 Å². The Hall–Kier alpha value is -3.37. The fourth-order valence-corrected chi connectivity index (χ4v) is 3.59. The molecule has 0 saturated heterocycles. The molecule has 0 aliphatic carbocycles. The van der Waals surface area contributed by atoms with Crippen molar-refractivity contribution >= 4 is 16.9 Å². The lowest BCUT2D eigenvalue weighted by molar-refractivity contribution is 0.0904. The lowest BCUT2D eigenvalue weighted by Crippen LogP contribution is -2.29. The van der Waals surface area contributed by atoms with E-state index >= 15 is 0 Å². The molecule has 0 bridgehead atoms. The number of carbonyl (C=O) groups is 1. The third-order valence-corrected chi connectivity index (χ3v) is 5.17. The summed E-state index contributed by atoms with van der Waals surface area (Å²) in [6.45, 7) is 4.88. The van der Waals surface area contributed by atoms with E-state index in [1.165, 1.54) is 5.56 Å². The Labute approximate surface area is 176 Å². The summed E-state index contributed by atoms with van der Waals surface area (Å²) < 4.78 is 11.6. The zero-order valence-electron chi connectivity index (χ0n) is 17.2. The number of carbonyl (C=O) groups excluding carboxylic acids is 1. The number of benzene rings is 3. The first kappa shape index (κ1) is 19.9. The number of fused-ring (bicyclic) bond motifs is 1. The van der Waals surface area contributed by atoms with Gasteiger partial charge in [-0.2, -0.15) is 0 Å². The van der Waals surface area contributed by atoms with Gasteiger partial charge < -0.3 is 14.5 Å². The molecule has 0 fully saturated rings. The van der Waals surface area contributed by atoms with Gasteiger partial charge >= 0.3 is 0 Å². The molecule has 0 spiro atoms. The number of ether oxygens (including phenoxy) is 1. The summed E-state index contributed by atoms with van der Waals surface area (Å²) in [5, 5.41) is 4.08. The predicted molar refractivity (Wildman–Crippen MR) is 118 cm³/mol. The minimum atomic E-state index is -0.285. The Morgan fingerprint density at radius 3 is 2.33 bits per heavy atom. The van der Waals surface area contributed by atoms with Gasteiger partial charge in [0, 0.05) is 17.6 Å². The summed E-state index contributed by atoms with van der Waals surface area (Å²) in [5.41, 5.74) is 4.66. The molecule has 152 valence electrons. The second-order valence-corrected chi connectivity index (χ2v) is 7.27. The summed E-state index contributed by atoms with van der Waals surface area (Å²) >= 11 is 0. The maximum Gasteiger partial charge on any atom is 0.288 e. The van der Waals surface area contributed by atoms with Crippen LogP contribution in [0.2, 0.25) is 0 Å². The van der Waals surface area contributed by atoms with Crippen molar-refractivity contribution in [3.63, 3.8) is 0 Å². The fourth-order valence-electron chi connectivity index (χ4n) is 3.59. The molecule has 1 atom stereocenters. The first-order chi connectivity index (χ1) is 14.7. The van der Waals surface area contributed by atoms with Crippen molar-refractivity contribution in [2.24, 2.45) is 0 Å². The van der Waals surface area contributed by atoms with Crippen LogP contribution < -0.4 is 5.32 Å². The molecule has 3 aromatic carbocycles. The predicted octanol–water partition coefficient (Wildman–Crippen LogP) is 5.80. The van der Waals surface area contributed by atoms with Crippen molar-refractivity contribution < 1.29 is 13.9 Å². The van der Waals surface area contributed by atoms with E-state index in [4.69, 9.17) is 9.15 Å². The molecule has 1 heterocycles. The highest BCUT2D eigenvalue weighted by atomic mass is 16.5. The molecule has 1 aromatic heterocycles. The molecule has 0 aliphatic heterocycles. The molecule has 4 aromatic rings. The van der Waals surface area contributed by atoms with Gasteiger partial charge in [0.2, 0.25) is 0 Å².